The topological polar surface area (TPSA) is 0 Å². The van der Waals surface area contributed by atoms with E-state index in [2.05, 4.69) is 108 Å². The molecule has 0 saturated carbocycles. The third-order valence-corrected chi connectivity index (χ3v) is 7.79. The number of halogens is 6. The van der Waals surface area contributed by atoms with Crippen molar-refractivity contribution in [1.29, 1.82) is 0 Å². The van der Waals surface area contributed by atoms with Crippen molar-refractivity contribution < 1.29 is 0 Å². The molecular weight excluding hydrogens is 624 g/mol. The minimum absolute atomic E-state index is 0.221. The van der Waals surface area contributed by atoms with Crippen molar-refractivity contribution in [3.63, 3.8) is 0 Å². The van der Waals surface area contributed by atoms with E-state index in [1.54, 1.807) is 0 Å². The number of allylic oxidation sites excluding steroid dienone is 4. The summed E-state index contributed by atoms with van der Waals surface area (Å²) < 4.78 is 4.14. The highest BCUT2D eigenvalue weighted by Crippen LogP contribution is 2.51. The van der Waals surface area contributed by atoms with E-state index >= 15 is 0 Å². The van der Waals surface area contributed by atoms with Crippen LogP contribution in [0.5, 0.6) is 0 Å². The molecule has 0 nitrogen and oxygen atoms in total. The zero-order valence-electron chi connectivity index (χ0n) is 8.78. The molecule has 0 aliphatic heterocycles. The van der Waals surface area contributed by atoms with E-state index in [0.717, 1.165) is 29.9 Å². The molecule has 0 amide bonds. The van der Waals surface area contributed by atoms with Crippen LogP contribution in [-0.4, -0.2) is 3.23 Å². The largest absolute Gasteiger partial charge is 0.116 e. The maximum atomic E-state index is 3.67. The molecule has 1 aliphatic carbocycles. The molecule has 0 heterocycles. The monoisotopic (exact) mass is 624 g/mol. The molecule has 1 aromatic carbocycles. The zero-order chi connectivity index (χ0) is 13.5. The standard InChI is InChI=1S/C12H6Br6/c13-6-1-2-9(14)7(3-6)8-4-11(16)12(17,18)5-10(8)15/h1-4H,5H2. The van der Waals surface area contributed by atoms with Gasteiger partial charge in [0, 0.05) is 24.3 Å². The molecule has 0 spiro atoms. The fraction of sp³-hybridized carbons (Fsp3) is 0.167. The third-order valence-electron chi connectivity index (χ3n) is 2.51. The molecule has 0 bridgehead atoms. The van der Waals surface area contributed by atoms with Crippen molar-refractivity contribution in [1.82, 2.24) is 0 Å². The van der Waals surface area contributed by atoms with E-state index in [-0.39, 0.29) is 3.23 Å². The van der Waals surface area contributed by atoms with E-state index in [0.29, 0.717) is 0 Å². The Hall–Kier alpha value is 1.58. The van der Waals surface area contributed by atoms with Crippen LogP contribution in [0.25, 0.3) is 5.57 Å². The summed E-state index contributed by atoms with van der Waals surface area (Å²) in [6, 6.07) is 6.16. The fourth-order valence-electron chi connectivity index (χ4n) is 1.61. The van der Waals surface area contributed by atoms with Gasteiger partial charge in [-0.2, -0.15) is 0 Å². The first-order valence-electron chi connectivity index (χ1n) is 4.91. The average Bonchev–Trinajstić information content (AvgIpc) is 2.27. The summed E-state index contributed by atoms with van der Waals surface area (Å²) in [5.74, 6) is 0. The normalized spacial score (nSPS) is 18.9. The van der Waals surface area contributed by atoms with Crippen molar-refractivity contribution in [3.8, 4) is 0 Å². The van der Waals surface area contributed by atoms with Crippen LogP contribution in [-0.2, 0) is 0 Å². The molecule has 96 valence electrons. The van der Waals surface area contributed by atoms with Gasteiger partial charge in [-0.1, -0.05) is 95.6 Å². The number of hydrogen-bond donors (Lipinski definition) is 0. The van der Waals surface area contributed by atoms with Crippen molar-refractivity contribution in [3.05, 3.63) is 47.7 Å². The first kappa shape index (κ1) is 16.0. The molecule has 0 aromatic heterocycles. The second-order valence-corrected chi connectivity index (χ2v) is 11.2. The highest BCUT2D eigenvalue weighted by Gasteiger charge is 2.32. The second kappa shape index (κ2) is 6.14. The van der Waals surface area contributed by atoms with E-state index in [1.807, 2.05) is 12.1 Å². The molecule has 6 heteroatoms. The van der Waals surface area contributed by atoms with E-state index in [9.17, 15) is 0 Å². The predicted octanol–water partition coefficient (Wildman–Crippen LogP) is 7.49. The highest BCUT2D eigenvalue weighted by molar-refractivity contribution is 9.26. The molecule has 0 saturated heterocycles. The minimum Gasteiger partial charge on any atom is -0.0665 e. The summed E-state index contributed by atoms with van der Waals surface area (Å²) in [6.45, 7) is 0. The van der Waals surface area contributed by atoms with Crippen molar-refractivity contribution in [2.45, 2.75) is 9.65 Å². The molecule has 0 unspecified atom stereocenters. The van der Waals surface area contributed by atoms with Gasteiger partial charge in [0.2, 0.25) is 0 Å². The number of hydrogen-bond acceptors (Lipinski definition) is 0. The fourth-order valence-corrected chi connectivity index (χ4v) is 5.09. The maximum Gasteiger partial charge on any atom is 0.116 e. The van der Waals surface area contributed by atoms with Crippen LogP contribution in [0.3, 0.4) is 0 Å². The maximum absolute atomic E-state index is 3.67. The molecule has 0 radical (unpaired) electrons. The number of rotatable bonds is 1. The summed E-state index contributed by atoms with van der Waals surface area (Å²) >= 11 is 21.7. The summed E-state index contributed by atoms with van der Waals surface area (Å²) in [4.78, 5) is 0. The molecule has 0 atom stereocenters. The van der Waals surface area contributed by atoms with Crippen LogP contribution in [0.15, 0.2) is 42.2 Å². The molecule has 0 fully saturated rings. The third kappa shape index (κ3) is 3.42. The lowest BCUT2D eigenvalue weighted by atomic mass is 9.99. The van der Waals surface area contributed by atoms with Crippen LogP contribution >= 0.6 is 95.6 Å². The lowest BCUT2D eigenvalue weighted by molar-refractivity contribution is 1.01. The summed E-state index contributed by atoms with van der Waals surface area (Å²) in [5.41, 5.74) is 2.33. The van der Waals surface area contributed by atoms with Gasteiger partial charge in [0.1, 0.15) is 3.23 Å². The summed E-state index contributed by atoms with van der Waals surface area (Å²) in [6.07, 6.45) is 2.95. The van der Waals surface area contributed by atoms with Gasteiger partial charge in [0.05, 0.1) is 0 Å². The Balaban J connectivity index is 2.55. The van der Waals surface area contributed by atoms with Gasteiger partial charge < -0.3 is 0 Å². The van der Waals surface area contributed by atoms with E-state index < -0.39 is 0 Å². The van der Waals surface area contributed by atoms with Gasteiger partial charge in [-0.3, -0.25) is 0 Å². The van der Waals surface area contributed by atoms with Gasteiger partial charge in [-0.25, -0.2) is 0 Å². The van der Waals surface area contributed by atoms with E-state index in [1.165, 1.54) is 5.57 Å². The Morgan fingerprint density at radius 2 is 1.67 bits per heavy atom. The highest BCUT2D eigenvalue weighted by atomic mass is 79.9. The molecule has 18 heavy (non-hydrogen) atoms. The van der Waals surface area contributed by atoms with Crippen molar-refractivity contribution >= 4 is 101 Å². The number of alkyl halides is 2. The van der Waals surface area contributed by atoms with Crippen LogP contribution in [0.1, 0.15) is 12.0 Å². The second-order valence-electron chi connectivity index (χ2n) is 3.82. The zero-order valence-corrected chi connectivity index (χ0v) is 18.3. The van der Waals surface area contributed by atoms with Crippen LogP contribution in [0.4, 0.5) is 0 Å². The van der Waals surface area contributed by atoms with Gasteiger partial charge in [-0.15, -0.1) is 0 Å². The Kier molecular flexibility index (Phi) is 5.44. The van der Waals surface area contributed by atoms with Crippen molar-refractivity contribution in [2.75, 3.05) is 0 Å². The summed E-state index contributed by atoms with van der Waals surface area (Å²) in [7, 11) is 0. The predicted molar refractivity (Wildman–Crippen MR) is 99.9 cm³/mol. The Labute approximate surface area is 156 Å². The van der Waals surface area contributed by atoms with Gasteiger partial charge in [-0.05, 0) is 35.4 Å². The van der Waals surface area contributed by atoms with Crippen LogP contribution in [0.2, 0.25) is 0 Å². The van der Waals surface area contributed by atoms with Gasteiger partial charge in [0.15, 0.2) is 0 Å². The van der Waals surface area contributed by atoms with E-state index in [4.69, 9.17) is 0 Å². The molecule has 1 aromatic rings. The van der Waals surface area contributed by atoms with Crippen LogP contribution < -0.4 is 0 Å². The smallest absolute Gasteiger partial charge is 0.0665 e. The number of benzene rings is 1. The Bertz CT molecular complexity index is 556. The first-order valence-corrected chi connectivity index (χ1v) is 9.66. The lowest BCUT2D eigenvalue weighted by Gasteiger charge is -2.26. The quantitative estimate of drug-likeness (QED) is 0.283. The Morgan fingerprint density at radius 3 is 2.33 bits per heavy atom. The molecule has 0 N–H and O–H groups in total. The van der Waals surface area contributed by atoms with Gasteiger partial charge >= 0.3 is 0 Å². The summed E-state index contributed by atoms with van der Waals surface area (Å²) in [5, 5.41) is 0. The minimum atomic E-state index is -0.221. The SMILES string of the molecule is BrC1=CC(c2cc(Br)ccc2Br)=C(Br)CC1(Br)Br. The van der Waals surface area contributed by atoms with Crippen LogP contribution in [0, 0.1) is 0 Å². The molecule has 2 rings (SSSR count). The lowest BCUT2D eigenvalue weighted by Crippen LogP contribution is -2.15. The van der Waals surface area contributed by atoms with Gasteiger partial charge in [0.25, 0.3) is 0 Å². The average molecular weight is 630 g/mol. The Morgan fingerprint density at radius 1 is 1.00 bits per heavy atom. The molecule has 1 aliphatic rings. The van der Waals surface area contributed by atoms with Crippen molar-refractivity contribution in [2.24, 2.45) is 0 Å². The first-order chi connectivity index (χ1) is 8.31. The molecular formula is C12H6Br6.